The standard InChI is InChI=1S/C35H38ClN3O4S/c1-5-37-35(41)33(21-28-12-7-6-8-13-28)38(23-29-14-10-9-11-26(29)3)34(40)24-39(32-22-30(36)18-17-27(32)4)44(42,43)31-19-15-25(2)16-20-31/h6-20,22,33H,5,21,23-24H2,1-4H3,(H,37,41)/t33-/m1/s1. The second-order valence-electron chi connectivity index (χ2n) is 10.8. The predicted molar refractivity (Wildman–Crippen MR) is 176 cm³/mol. The van der Waals surface area contributed by atoms with E-state index in [-0.39, 0.29) is 23.8 Å². The molecule has 0 heterocycles. The van der Waals surface area contributed by atoms with Crippen molar-refractivity contribution in [3.05, 3.63) is 130 Å². The number of nitrogens with zero attached hydrogens (tertiary/aromatic N) is 2. The lowest BCUT2D eigenvalue weighted by Gasteiger charge is -2.34. The molecule has 44 heavy (non-hydrogen) atoms. The lowest BCUT2D eigenvalue weighted by Crippen LogP contribution is -2.53. The zero-order valence-corrected chi connectivity index (χ0v) is 27.0. The number of aryl methyl sites for hydroxylation is 3. The fraction of sp³-hybridized carbons (Fsp3) is 0.257. The number of sulfonamides is 1. The van der Waals surface area contributed by atoms with E-state index in [1.807, 2.05) is 75.4 Å². The molecule has 0 unspecified atom stereocenters. The van der Waals surface area contributed by atoms with Crippen molar-refractivity contribution >= 4 is 39.1 Å². The summed E-state index contributed by atoms with van der Waals surface area (Å²) >= 11 is 6.35. The Hall–Kier alpha value is -4.14. The molecule has 4 aromatic carbocycles. The van der Waals surface area contributed by atoms with Crippen LogP contribution in [0, 0.1) is 20.8 Å². The summed E-state index contributed by atoms with van der Waals surface area (Å²) in [4.78, 5) is 29.7. The summed E-state index contributed by atoms with van der Waals surface area (Å²) in [6.45, 7) is 7.37. The Bertz CT molecular complexity index is 1710. The number of benzene rings is 4. The molecule has 1 N–H and O–H groups in total. The molecule has 0 aliphatic rings. The average Bonchev–Trinajstić information content (AvgIpc) is 3.00. The van der Waals surface area contributed by atoms with Gasteiger partial charge in [0.1, 0.15) is 12.6 Å². The molecule has 230 valence electrons. The number of hydrogen-bond donors (Lipinski definition) is 1. The molecule has 0 aliphatic heterocycles. The number of amides is 2. The van der Waals surface area contributed by atoms with Gasteiger partial charge in [0, 0.05) is 24.5 Å². The molecule has 1 atom stereocenters. The van der Waals surface area contributed by atoms with Crippen LogP contribution < -0.4 is 9.62 Å². The number of anilines is 1. The minimum atomic E-state index is -4.21. The van der Waals surface area contributed by atoms with Crippen LogP contribution in [-0.4, -0.2) is 44.3 Å². The number of halogens is 1. The van der Waals surface area contributed by atoms with Crippen LogP contribution in [0.25, 0.3) is 0 Å². The lowest BCUT2D eigenvalue weighted by atomic mass is 10.0. The third-order valence-corrected chi connectivity index (χ3v) is 9.56. The minimum absolute atomic E-state index is 0.0466. The smallest absolute Gasteiger partial charge is 0.264 e. The van der Waals surface area contributed by atoms with Crippen LogP contribution in [0.3, 0.4) is 0 Å². The molecule has 0 aliphatic carbocycles. The third-order valence-electron chi connectivity index (χ3n) is 7.55. The molecule has 0 aromatic heterocycles. The van der Waals surface area contributed by atoms with Crippen molar-refractivity contribution in [3.8, 4) is 0 Å². The fourth-order valence-corrected chi connectivity index (χ4v) is 6.66. The van der Waals surface area contributed by atoms with Gasteiger partial charge in [-0.05, 0) is 74.2 Å². The second kappa shape index (κ2) is 14.6. The van der Waals surface area contributed by atoms with Crippen molar-refractivity contribution in [1.82, 2.24) is 10.2 Å². The summed E-state index contributed by atoms with van der Waals surface area (Å²) in [5.74, 6) is -0.833. The van der Waals surface area contributed by atoms with Crippen LogP contribution >= 0.6 is 11.6 Å². The van der Waals surface area contributed by atoms with Gasteiger partial charge in [-0.3, -0.25) is 13.9 Å². The summed E-state index contributed by atoms with van der Waals surface area (Å²) in [7, 11) is -4.21. The topological polar surface area (TPSA) is 86.8 Å². The summed E-state index contributed by atoms with van der Waals surface area (Å²) in [5.41, 5.74) is 4.51. The molecule has 0 fully saturated rings. The molecule has 0 bridgehead atoms. The second-order valence-corrected chi connectivity index (χ2v) is 13.1. The molecule has 7 nitrogen and oxygen atoms in total. The minimum Gasteiger partial charge on any atom is -0.355 e. The van der Waals surface area contributed by atoms with Gasteiger partial charge < -0.3 is 10.2 Å². The molecule has 2 amide bonds. The Kier molecular flexibility index (Phi) is 10.8. The van der Waals surface area contributed by atoms with E-state index in [4.69, 9.17) is 11.6 Å². The van der Waals surface area contributed by atoms with E-state index in [9.17, 15) is 18.0 Å². The van der Waals surface area contributed by atoms with Gasteiger partial charge in [-0.15, -0.1) is 0 Å². The normalized spacial score (nSPS) is 11.9. The van der Waals surface area contributed by atoms with Crippen LogP contribution in [0.15, 0.2) is 102 Å². The van der Waals surface area contributed by atoms with E-state index in [1.165, 1.54) is 17.0 Å². The fourth-order valence-electron chi connectivity index (χ4n) is 5.02. The Labute approximate surface area is 265 Å². The highest BCUT2D eigenvalue weighted by Gasteiger charge is 2.35. The summed E-state index contributed by atoms with van der Waals surface area (Å²) in [6.07, 6.45) is 0.255. The number of likely N-dealkylation sites (N-methyl/N-ethyl adjacent to an activating group) is 1. The van der Waals surface area contributed by atoms with Gasteiger partial charge >= 0.3 is 0 Å². The van der Waals surface area contributed by atoms with E-state index in [0.717, 1.165) is 26.6 Å². The maximum Gasteiger partial charge on any atom is 0.264 e. The Morgan fingerprint density at radius 1 is 0.841 bits per heavy atom. The van der Waals surface area contributed by atoms with E-state index < -0.39 is 28.5 Å². The zero-order chi connectivity index (χ0) is 31.9. The lowest BCUT2D eigenvalue weighted by molar-refractivity contribution is -0.140. The molecule has 4 aromatic rings. The van der Waals surface area contributed by atoms with Crippen molar-refractivity contribution in [2.75, 3.05) is 17.4 Å². The highest BCUT2D eigenvalue weighted by Crippen LogP contribution is 2.30. The molecule has 0 saturated heterocycles. The first-order valence-corrected chi connectivity index (χ1v) is 16.3. The van der Waals surface area contributed by atoms with Crippen LogP contribution in [0.2, 0.25) is 5.02 Å². The predicted octanol–water partition coefficient (Wildman–Crippen LogP) is 6.24. The molecular weight excluding hydrogens is 594 g/mol. The molecular formula is C35H38ClN3O4S. The van der Waals surface area contributed by atoms with Gasteiger partial charge in [-0.2, -0.15) is 0 Å². The Balaban J connectivity index is 1.83. The SMILES string of the molecule is CCNC(=O)[C@@H](Cc1ccccc1)N(Cc1ccccc1C)C(=O)CN(c1cc(Cl)ccc1C)S(=O)(=O)c1ccc(C)cc1. The summed E-state index contributed by atoms with van der Waals surface area (Å²) in [5, 5.41) is 3.22. The van der Waals surface area contributed by atoms with Gasteiger partial charge in [0.05, 0.1) is 10.6 Å². The average molecular weight is 632 g/mol. The first-order chi connectivity index (χ1) is 21.0. The summed E-state index contributed by atoms with van der Waals surface area (Å²) < 4.78 is 29.5. The number of carbonyl (C=O) groups excluding carboxylic acids is 2. The maximum absolute atomic E-state index is 14.5. The van der Waals surface area contributed by atoms with Gasteiger partial charge in [-0.25, -0.2) is 8.42 Å². The zero-order valence-electron chi connectivity index (χ0n) is 25.5. The van der Waals surface area contributed by atoms with Crippen LogP contribution in [0.1, 0.15) is 34.7 Å². The largest absolute Gasteiger partial charge is 0.355 e. The molecule has 0 radical (unpaired) electrons. The first-order valence-electron chi connectivity index (χ1n) is 14.5. The Morgan fingerprint density at radius 2 is 1.50 bits per heavy atom. The first kappa shape index (κ1) is 32.8. The van der Waals surface area contributed by atoms with Gasteiger partial charge in [0.2, 0.25) is 11.8 Å². The van der Waals surface area contributed by atoms with E-state index in [2.05, 4.69) is 5.32 Å². The summed E-state index contributed by atoms with van der Waals surface area (Å²) in [6, 6.07) is 27.7. The van der Waals surface area contributed by atoms with E-state index in [1.54, 1.807) is 37.3 Å². The molecule has 0 spiro atoms. The Morgan fingerprint density at radius 3 is 2.16 bits per heavy atom. The quantitative estimate of drug-likeness (QED) is 0.201. The molecule has 4 rings (SSSR count). The van der Waals surface area contributed by atoms with Crippen molar-refractivity contribution in [2.24, 2.45) is 0 Å². The van der Waals surface area contributed by atoms with Gasteiger partial charge in [0.15, 0.2) is 0 Å². The van der Waals surface area contributed by atoms with Crippen LogP contribution in [0.4, 0.5) is 5.69 Å². The van der Waals surface area contributed by atoms with Crippen molar-refractivity contribution in [1.29, 1.82) is 0 Å². The third kappa shape index (κ3) is 7.87. The number of rotatable bonds is 12. The van der Waals surface area contributed by atoms with Gasteiger partial charge in [-0.1, -0.05) is 90.0 Å². The van der Waals surface area contributed by atoms with Crippen LogP contribution in [-0.2, 0) is 32.6 Å². The van der Waals surface area contributed by atoms with Crippen molar-refractivity contribution in [3.63, 3.8) is 0 Å². The van der Waals surface area contributed by atoms with Crippen LogP contribution in [0.5, 0.6) is 0 Å². The van der Waals surface area contributed by atoms with E-state index >= 15 is 0 Å². The van der Waals surface area contributed by atoms with Crippen molar-refractivity contribution < 1.29 is 18.0 Å². The highest BCUT2D eigenvalue weighted by atomic mass is 35.5. The van der Waals surface area contributed by atoms with E-state index in [0.29, 0.717) is 22.8 Å². The monoisotopic (exact) mass is 631 g/mol. The van der Waals surface area contributed by atoms with Crippen molar-refractivity contribution in [2.45, 2.75) is 51.6 Å². The molecule has 9 heteroatoms. The number of nitrogens with one attached hydrogen (secondary N) is 1. The number of hydrogen-bond acceptors (Lipinski definition) is 4. The van der Waals surface area contributed by atoms with Gasteiger partial charge in [0.25, 0.3) is 10.0 Å². The molecule has 0 saturated carbocycles. The number of carbonyl (C=O) groups is 2. The highest BCUT2D eigenvalue weighted by molar-refractivity contribution is 7.92. The maximum atomic E-state index is 14.5.